The summed E-state index contributed by atoms with van der Waals surface area (Å²) in [5.74, 6) is -0.614. The monoisotopic (exact) mass is 332 g/mol. The van der Waals surface area contributed by atoms with Gasteiger partial charge in [0, 0.05) is 19.7 Å². The molecular formula is C18H24N2O4. The third-order valence-corrected chi connectivity index (χ3v) is 3.80. The second kappa shape index (κ2) is 9.04. The minimum atomic E-state index is -0.934. The summed E-state index contributed by atoms with van der Waals surface area (Å²) in [5, 5.41) is 11.9. The van der Waals surface area contributed by atoms with Crippen LogP contribution in [0.1, 0.15) is 52.0 Å². The van der Waals surface area contributed by atoms with E-state index in [9.17, 15) is 9.59 Å². The molecular weight excluding hydrogens is 308 g/mol. The van der Waals surface area contributed by atoms with Crippen molar-refractivity contribution in [2.45, 2.75) is 52.1 Å². The van der Waals surface area contributed by atoms with Crippen molar-refractivity contribution in [3.8, 4) is 11.8 Å². The Labute approximate surface area is 142 Å². The van der Waals surface area contributed by atoms with Crippen LogP contribution >= 0.6 is 0 Å². The molecule has 130 valence electrons. The zero-order valence-electron chi connectivity index (χ0n) is 14.6. The Hall–Kier alpha value is -2.39. The predicted molar refractivity (Wildman–Crippen MR) is 90.7 cm³/mol. The number of hydrogen-bond acceptors (Lipinski definition) is 5. The van der Waals surface area contributed by atoms with Crippen LogP contribution in [0.4, 0.5) is 5.69 Å². The highest BCUT2D eigenvalue weighted by molar-refractivity contribution is 5.97. The van der Waals surface area contributed by atoms with Gasteiger partial charge in [0.1, 0.15) is 17.4 Å². The van der Waals surface area contributed by atoms with E-state index in [1.807, 2.05) is 6.07 Å². The summed E-state index contributed by atoms with van der Waals surface area (Å²) in [7, 11) is 1.51. The standard InChI is InChI=1S/C18H24N2O4/c1-5-6-7-10-18(3,23-4)17(22)20-15-8-9-16(24-13(2)21)14(11-15)12-19/h8-9,11H,5-7,10H2,1-4H3,(H,20,22)/t18-/m0/s1. The van der Waals surface area contributed by atoms with E-state index in [2.05, 4.69) is 12.2 Å². The summed E-state index contributed by atoms with van der Waals surface area (Å²) in [6, 6.07) is 6.49. The first-order valence-electron chi connectivity index (χ1n) is 7.95. The third kappa shape index (κ3) is 5.36. The molecule has 0 aliphatic carbocycles. The molecule has 1 atom stereocenters. The van der Waals surface area contributed by atoms with Crippen LogP contribution in [0.25, 0.3) is 0 Å². The molecule has 6 heteroatoms. The molecule has 6 nitrogen and oxygen atoms in total. The lowest BCUT2D eigenvalue weighted by Gasteiger charge is -2.27. The third-order valence-electron chi connectivity index (χ3n) is 3.80. The van der Waals surface area contributed by atoms with Crippen LogP contribution in [0.2, 0.25) is 0 Å². The first-order valence-corrected chi connectivity index (χ1v) is 7.95. The van der Waals surface area contributed by atoms with Crippen molar-refractivity contribution in [3.05, 3.63) is 23.8 Å². The van der Waals surface area contributed by atoms with E-state index in [-0.39, 0.29) is 17.2 Å². The van der Waals surface area contributed by atoms with Crippen LogP contribution < -0.4 is 10.1 Å². The fourth-order valence-corrected chi connectivity index (χ4v) is 2.22. The molecule has 0 radical (unpaired) electrons. The Kier molecular flexibility index (Phi) is 7.40. The molecule has 1 amide bonds. The second-order valence-electron chi connectivity index (χ2n) is 5.76. The van der Waals surface area contributed by atoms with E-state index in [4.69, 9.17) is 14.7 Å². The highest BCUT2D eigenvalue weighted by atomic mass is 16.5. The van der Waals surface area contributed by atoms with Gasteiger partial charge in [-0.1, -0.05) is 26.2 Å². The number of carbonyl (C=O) groups excluding carboxylic acids is 2. The number of esters is 1. The van der Waals surface area contributed by atoms with Gasteiger partial charge in [0.15, 0.2) is 0 Å². The molecule has 0 saturated carbocycles. The van der Waals surface area contributed by atoms with Crippen LogP contribution in [0.5, 0.6) is 5.75 Å². The van der Waals surface area contributed by atoms with E-state index in [1.54, 1.807) is 13.0 Å². The SMILES string of the molecule is CCCCC[C@](C)(OC)C(=O)Nc1ccc(OC(C)=O)c(C#N)c1. The minimum Gasteiger partial charge on any atom is -0.425 e. The summed E-state index contributed by atoms with van der Waals surface area (Å²) in [6.45, 7) is 5.10. The number of nitrogens with zero attached hydrogens (tertiary/aromatic N) is 1. The van der Waals surface area contributed by atoms with Crippen molar-refractivity contribution < 1.29 is 19.1 Å². The molecule has 0 unspecified atom stereocenters. The van der Waals surface area contributed by atoms with Crippen LogP contribution in [0, 0.1) is 11.3 Å². The Bertz CT molecular complexity index is 636. The number of hydrogen-bond donors (Lipinski definition) is 1. The fourth-order valence-electron chi connectivity index (χ4n) is 2.22. The van der Waals surface area contributed by atoms with Crippen LogP contribution in [-0.4, -0.2) is 24.6 Å². The molecule has 0 fully saturated rings. The van der Waals surface area contributed by atoms with Gasteiger partial charge in [0.05, 0.1) is 5.56 Å². The molecule has 0 bridgehead atoms. The average molecular weight is 332 g/mol. The summed E-state index contributed by atoms with van der Waals surface area (Å²) >= 11 is 0. The van der Waals surface area contributed by atoms with Gasteiger partial charge in [-0.3, -0.25) is 9.59 Å². The Morgan fingerprint density at radius 2 is 2.04 bits per heavy atom. The molecule has 0 aliphatic rings. The first kappa shape index (κ1) is 19.7. The molecule has 1 rings (SSSR count). The number of rotatable bonds is 8. The Balaban J connectivity index is 2.89. The van der Waals surface area contributed by atoms with Crippen molar-refractivity contribution in [2.75, 3.05) is 12.4 Å². The second-order valence-corrected chi connectivity index (χ2v) is 5.76. The van der Waals surface area contributed by atoms with Crippen molar-refractivity contribution in [1.29, 1.82) is 5.26 Å². The van der Waals surface area contributed by atoms with Crippen LogP contribution in [0.15, 0.2) is 18.2 Å². The number of nitriles is 1. The highest BCUT2D eigenvalue weighted by Gasteiger charge is 2.32. The number of methoxy groups -OCH3 is 1. The molecule has 24 heavy (non-hydrogen) atoms. The van der Waals surface area contributed by atoms with E-state index in [1.165, 1.54) is 26.2 Å². The molecule has 1 aromatic rings. The quantitative estimate of drug-likeness (QED) is 0.448. The Morgan fingerprint density at radius 3 is 2.58 bits per heavy atom. The van der Waals surface area contributed by atoms with Crippen molar-refractivity contribution in [2.24, 2.45) is 0 Å². The van der Waals surface area contributed by atoms with Crippen molar-refractivity contribution >= 4 is 17.6 Å². The van der Waals surface area contributed by atoms with Crippen LogP contribution in [-0.2, 0) is 14.3 Å². The number of ether oxygens (including phenoxy) is 2. The van der Waals surface area contributed by atoms with E-state index >= 15 is 0 Å². The molecule has 0 aliphatic heterocycles. The molecule has 0 heterocycles. The molecule has 1 aromatic carbocycles. The summed E-state index contributed by atoms with van der Waals surface area (Å²) in [6.07, 6.45) is 3.59. The normalized spacial score (nSPS) is 12.8. The number of unbranched alkanes of at least 4 members (excludes halogenated alkanes) is 2. The zero-order chi connectivity index (χ0) is 18.2. The zero-order valence-corrected chi connectivity index (χ0v) is 14.6. The number of carbonyl (C=O) groups is 2. The number of nitrogens with one attached hydrogen (secondary N) is 1. The summed E-state index contributed by atoms with van der Waals surface area (Å²) in [4.78, 5) is 23.5. The lowest BCUT2D eigenvalue weighted by atomic mass is 9.97. The maximum atomic E-state index is 12.5. The maximum Gasteiger partial charge on any atom is 0.308 e. The predicted octanol–water partition coefficient (Wildman–Crippen LogP) is 3.41. The van der Waals surface area contributed by atoms with Gasteiger partial charge in [-0.15, -0.1) is 0 Å². The van der Waals surface area contributed by atoms with Gasteiger partial charge in [0.25, 0.3) is 5.91 Å². The van der Waals surface area contributed by atoms with E-state index in [0.29, 0.717) is 12.1 Å². The fraction of sp³-hybridized carbons (Fsp3) is 0.500. The first-order chi connectivity index (χ1) is 11.4. The van der Waals surface area contributed by atoms with E-state index in [0.717, 1.165) is 19.3 Å². The summed E-state index contributed by atoms with van der Waals surface area (Å²) in [5.41, 5.74) is -0.310. The number of amides is 1. The van der Waals surface area contributed by atoms with Gasteiger partial charge < -0.3 is 14.8 Å². The van der Waals surface area contributed by atoms with Gasteiger partial charge in [-0.05, 0) is 31.5 Å². The Morgan fingerprint density at radius 1 is 1.33 bits per heavy atom. The number of benzene rings is 1. The van der Waals surface area contributed by atoms with Gasteiger partial charge in [-0.2, -0.15) is 5.26 Å². The molecule has 1 N–H and O–H groups in total. The summed E-state index contributed by atoms with van der Waals surface area (Å²) < 4.78 is 10.4. The maximum absolute atomic E-state index is 12.5. The minimum absolute atomic E-state index is 0.167. The lowest BCUT2D eigenvalue weighted by Crippen LogP contribution is -2.42. The smallest absolute Gasteiger partial charge is 0.308 e. The van der Waals surface area contributed by atoms with Crippen LogP contribution in [0.3, 0.4) is 0 Å². The molecule has 0 spiro atoms. The van der Waals surface area contributed by atoms with Gasteiger partial charge in [0.2, 0.25) is 0 Å². The molecule has 0 aromatic heterocycles. The average Bonchev–Trinajstić information content (AvgIpc) is 2.55. The lowest BCUT2D eigenvalue weighted by molar-refractivity contribution is -0.136. The largest absolute Gasteiger partial charge is 0.425 e. The van der Waals surface area contributed by atoms with Gasteiger partial charge in [-0.25, -0.2) is 0 Å². The highest BCUT2D eigenvalue weighted by Crippen LogP contribution is 2.25. The van der Waals surface area contributed by atoms with E-state index < -0.39 is 11.6 Å². The molecule has 0 saturated heterocycles. The van der Waals surface area contributed by atoms with Gasteiger partial charge >= 0.3 is 5.97 Å². The number of anilines is 1. The van der Waals surface area contributed by atoms with Crippen molar-refractivity contribution in [3.63, 3.8) is 0 Å². The topological polar surface area (TPSA) is 88.4 Å². The van der Waals surface area contributed by atoms with Crippen molar-refractivity contribution in [1.82, 2.24) is 0 Å².